The van der Waals surface area contributed by atoms with Crippen molar-refractivity contribution in [1.82, 2.24) is 14.9 Å². The Morgan fingerprint density at radius 1 is 1.18 bits per heavy atom. The van der Waals surface area contributed by atoms with Gasteiger partial charge in [0.2, 0.25) is 15.0 Å². The molecule has 2 N–H and O–H groups in total. The first-order chi connectivity index (χ1) is 13.4. The first-order valence-electron chi connectivity index (χ1n) is 7.91. The van der Waals surface area contributed by atoms with Crippen molar-refractivity contribution < 1.29 is 17.9 Å². The topological polar surface area (TPSA) is 110 Å². The van der Waals surface area contributed by atoms with Crippen LogP contribution in [0.15, 0.2) is 53.4 Å². The van der Waals surface area contributed by atoms with Crippen molar-refractivity contribution in [3.05, 3.63) is 63.6 Å². The number of amides is 1. The summed E-state index contributed by atoms with van der Waals surface area (Å²) in [5, 5.41) is 11.1. The third-order valence-corrected chi connectivity index (χ3v) is 6.10. The summed E-state index contributed by atoms with van der Waals surface area (Å²) in [6.45, 7) is -0.131. The SMILES string of the molecule is COc1ccc(Cl)cc1S(=O)(=O)NCc1nnc(C(=O)Nc2ccccc2)s1. The third kappa shape index (κ3) is 4.84. The molecule has 0 atom stereocenters. The summed E-state index contributed by atoms with van der Waals surface area (Å²) in [5.41, 5.74) is 0.623. The fraction of sp³-hybridized carbons (Fsp3) is 0.118. The summed E-state index contributed by atoms with van der Waals surface area (Å²) in [6.07, 6.45) is 0. The van der Waals surface area contributed by atoms with Crippen LogP contribution in [0.3, 0.4) is 0 Å². The van der Waals surface area contributed by atoms with Crippen molar-refractivity contribution in [1.29, 1.82) is 0 Å². The number of ether oxygens (including phenoxy) is 1. The molecule has 1 heterocycles. The molecule has 0 aliphatic heterocycles. The summed E-state index contributed by atoms with van der Waals surface area (Å²) in [4.78, 5) is 12.1. The van der Waals surface area contributed by atoms with Crippen LogP contribution in [-0.2, 0) is 16.6 Å². The van der Waals surface area contributed by atoms with Gasteiger partial charge in [-0.3, -0.25) is 4.79 Å². The number of halogens is 1. The van der Waals surface area contributed by atoms with Gasteiger partial charge in [0, 0.05) is 10.7 Å². The van der Waals surface area contributed by atoms with Crippen LogP contribution in [-0.4, -0.2) is 31.6 Å². The molecule has 0 aliphatic rings. The Hall–Kier alpha value is -2.53. The minimum Gasteiger partial charge on any atom is -0.495 e. The smallest absolute Gasteiger partial charge is 0.286 e. The highest BCUT2D eigenvalue weighted by atomic mass is 35.5. The molecule has 2 aromatic carbocycles. The van der Waals surface area contributed by atoms with Crippen molar-refractivity contribution in [3.63, 3.8) is 0 Å². The van der Waals surface area contributed by atoms with E-state index in [0.29, 0.717) is 10.7 Å². The first kappa shape index (κ1) is 20.2. The highest BCUT2D eigenvalue weighted by molar-refractivity contribution is 7.89. The Morgan fingerprint density at radius 3 is 2.64 bits per heavy atom. The molecule has 0 saturated carbocycles. The van der Waals surface area contributed by atoms with Crippen molar-refractivity contribution in [2.75, 3.05) is 12.4 Å². The molecule has 0 saturated heterocycles. The Morgan fingerprint density at radius 2 is 1.93 bits per heavy atom. The lowest BCUT2D eigenvalue weighted by molar-refractivity contribution is 0.102. The molecule has 0 aliphatic carbocycles. The molecule has 0 radical (unpaired) electrons. The van der Waals surface area contributed by atoms with Crippen LogP contribution in [0, 0.1) is 0 Å². The number of methoxy groups -OCH3 is 1. The summed E-state index contributed by atoms with van der Waals surface area (Å²) in [7, 11) is -2.54. The molecule has 0 unspecified atom stereocenters. The Labute approximate surface area is 170 Å². The monoisotopic (exact) mass is 438 g/mol. The Kier molecular flexibility index (Phi) is 6.25. The number of carbonyl (C=O) groups excluding carboxylic acids is 1. The van der Waals surface area contributed by atoms with Crippen molar-refractivity contribution in [2.45, 2.75) is 11.4 Å². The highest BCUT2D eigenvalue weighted by Gasteiger charge is 2.21. The van der Waals surface area contributed by atoms with E-state index in [-0.39, 0.29) is 27.2 Å². The van der Waals surface area contributed by atoms with Crippen LogP contribution in [0.25, 0.3) is 0 Å². The number of para-hydroxylation sites is 1. The zero-order valence-electron chi connectivity index (χ0n) is 14.5. The van der Waals surface area contributed by atoms with Crippen LogP contribution >= 0.6 is 22.9 Å². The molecule has 8 nitrogen and oxygen atoms in total. The molecule has 0 bridgehead atoms. The maximum Gasteiger partial charge on any atom is 0.286 e. The van der Waals surface area contributed by atoms with E-state index in [4.69, 9.17) is 16.3 Å². The normalized spacial score (nSPS) is 11.2. The van der Waals surface area contributed by atoms with Gasteiger partial charge >= 0.3 is 0 Å². The van der Waals surface area contributed by atoms with E-state index in [1.807, 2.05) is 6.07 Å². The van der Waals surface area contributed by atoms with Crippen LogP contribution in [0.5, 0.6) is 5.75 Å². The van der Waals surface area contributed by atoms with Crippen molar-refractivity contribution >= 4 is 44.6 Å². The molecule has 0 spiro atoms. The maximum absolute atomic E-state index is 12.5. The van der Waals surface area contributed by atoms with E-state index < -0.39 is 15.9 Å². The quantitative estimate of drug-likeness (QED) is 0.586. The van der Waals surface area contributed by atoms with Gasteiger partial charge in [-0.1, -0.05) is 41.1 Å². The number of carbonyl (C=O) groups is 1. The largest absolute Gasteiger partial charge is 0.495 e. The van der Waals surface area contributed by atoms with Crippen LogP contribution in [0.4, 0.5) is 5.69 Å². The summed E-state index contributed by atoms with van der Waals surface area (Å²) < 4.78 is 32.6. The second-order valence-electron chi connectivity index (χ2n) is 5.44. The van der Waals surface area contributed by atoms with E-state index >= 15 is 0 Å². The lowest BCUT2D eigenvalue weighted by atomic mass is 10.3. The van der Waals surface area contributed by atoms with Gasteiger partial charge in [-0.25, -0.2) is 13.1 Å². The van der Waals surface area contributed by atoms with E-state index in [1.165, 1.54) is 25.3 Å². The molecule has 146 valence electrons. The third-order valence-electron chi connectivity index (χ3n) is 3.52. The summed E-state index contributed by atoms with van der Waals surface area (Å²) in [5.74, 6) is -0.258. The molecule has 1 aromatic heterocycles. The van der Waals surface area contributed by atoms with Gasteiger partial charge < -0.3 is 10.1 Å². The number of nitrogens with one attached hydrogen (secondary N) is 2. The van der Waals surface area contributed by atoms with Crippen LogP contribution in [0.2, 0.25) is 5.02 Å². The van der Waals surface area contributed by atoms with Gasteiger partial charge in [0.25, 0.3) is 5.91 Å². The average Bonchev–Trinajstić information content (AvgIpc) is 3.17. The number of benzene rings is 2. The number of rotatable bonds is 7. The van der Waals surface area contributed by atoms with E-state index in [2.05, 4.69) is 20.2 Å². The number of hydrogen-bond acceptors (Lipinski definition) is 7. The lowest BCUT2D eigenvalue weighted by Gasteiger charge is -2.10. The van der Waals surface area contributed by atoms with Gasteiger partial charge in [0.1, 0.15) is 15.7 Å². The number of sulfonamides is 1. The molecule has 3 rings (SSSR count). The predicted molar refractivity (Wildman–Crippen MR) is 106 cm³/mol. The summed E-state index contributed by atoms with van der Waals surface area (Å²) in [6, 6.07) is 13.2. The lowest BCUT2D eigenvalue weighted by Crippen LogP contribution is -2.23. The van der Waals surface area contributed by atoms with E-state index in [0.717, 1.165) is 11.3 Å². The molecule has 11 heteroatoms. The predicted octanol–water partition coefficient (Wildman–Crippen LogP) is 2.93. The van der Waals surface area contributed by atoms with Crippen molar-refractivity contribution in [3.8, 4) is 5.75 Å². The van der Waals surface area contributed by atoms with Crippen molar-refractivity contribution in [2.24, 2.45) is 0 Å². The molecule has 3 aromatic rings. The number of anilines is 1. The maximum atomic E-state index is 12.5. The zero-order valence-corrected chi connectivity index (χ0v) is 16.9. The molecule has 0 fully saturated rings. The molecular weight excluding hydrogens is 424 g/mol. The first-order valence-corrected chi connectivity index (χ1v) is 10.6. The fourth-order valence-corrected chi connectivity index (χ4v) is 4.40. The standard InChI is InChI=1S/C17H15ClN4O4S2/c1-26-13-8-7-11(18)9-14(13)28(24,25)19-10-15-21-22-17(27-15)16(23)20-12-5-3-2-4-6-12/h2-9,19H,10H2,1H3,(H,20,23). The van der Waals surface area contributed by atoms with Gasteiger partial charge in [-0.15, -0.1) is 10.2 Å². The average molecular weight is 439 g/mol. The molecule has 28 heavy (non-hydrogen) atoms. The second kappa shape index (κ2) is 8.65. The van der Waals surface area contributed by atoms with Gasteiger partial charge in [0.05, 0.1) is 13.7 Å². The van der Waals surface area contributed by atoms with Gasteiger partial charge in [0.15, 0.2) is 0 Å². The number of aromatic nitrogens is 2. The van der Waals surface area contributed by atoms with Gasteiger partial charge in [-0.2, -0.15) is 0 Å². The fourth-order valence-electron chi connectivity index (χ4n) is 2.22. The number of nitrogens with zero attached hydrogens (tertiary/aromatic N) is 2. The highest BCUT2D eigenvalue weighted by Crippen LogP contribution is 2.27. The number of hydrogen-bond donors (Lipinski definition) is 2. The minimum atomic E-state index is -3.90. The Balaban J connectivity index is 1.69. The molecule has 1 amide bonds. The van der Waals surface area contributed by atoms with E-state index in [1.54, 1.807) is 24.3 Å². The van der Waals surface area contributed by atoms with E-state index in [9.17, 15) is 13.2 Å². The minimum absolute atomic E-state index is 0.0888. The summed E-state index contributed by atoms with van der Waals surface area (Å²) >= 11 is 6.88. The van der Waals surface area contributed by atoms with Gasteiger partial charge in [-0.05, 0) is 30.3 Å². The zero-order chi connectivity index (χ0) is 20.1. The Bertz CT molecular complexity index is 1090. The van der Waals surface area contributed by atoms with Crippen LogP contribution < -0.4 is 14.8 Å². The second-order valence-corrected chi connectivity index (χ2v) is 8.67. The molecular formula is C17H15ClN4O4S2. The van der Waals surface area contributed by atoms with Crippen LogP contribution in [0.1, 0.15) is 14.8 Å².